The van der Waals surface area contributed by atoms with E-state index >= 15 is 0 Å². The SMILES string of the molecule is COc1ccc(-c2cc(=O)c3ccc(OC(=O)c4cc(N)cc(N)c4)cc3o2)cc1. The van der Waals surface area contributed by atoms with E-state index < -0.39 is 5.97 Å². The molecule has 7 nitrogen and oxygen atoms in total. The number of hydrogen-bond acceptors (Lipinski definition) is 7. The first-order chi connectivity index (χ1) is 14.4. The Balaban J connectivity index is 1.68. The summed E-state index contributed by atoms with van der Waals surface area (Å²) in [5, 5.41) is 0.375. The first kappa shape index (κ1) is 19.1. The minimum absolute atomic E-state index is 0.205. The summed E-state index contributed by atoms with van der Waals surface area (Å²) in [4.78, 5) is 24.9. The van der Waals surface area contributed by atoms with Crippen molar-refractivity contribution in [2.75, 3.05) is 18.6 Å². The van der Waals surface area contributed by atoms with Crippen LogP contribution < -0.4 is 26.4 Å². The van der Waals surface area contributed by atoms with Gasteiger partial charge in [-0.05, 0) is 54.6 Å². The Kier molecular flexibility index (Phi) is 4.85. The van der Waals surface area contributed by atoms with Crippen molar-refractivity contribution in [3.8, 4) is 22.8 Å². The summed E-state index contributed by atoms with van der Waals surface area (Å²) in [7, 11) is 1.58. The quantitative estimate of drug-likeness (QED) is 0.302. The van der Waals surface area contributed by atoms with E-state index in [9.17, 15) is 9.59 Å². The van der Waals surface area contributed by atoms with E-state index in [0.29, 0.717) is 39.4 Å². The van der Waals surface area contributed by atoms with Gasteiger partial charge in [0.1, 0.15) is 22.8 Å². The van der Waals surface area contributed by atoms with Gasteiger partial charge in [-0.15, -0.1) is 0 Å². The van der Waals surface area contributed by atoms with Crippen LogP contribution in [0.4, 0.5) is 11.4 Å². The molecule has 0 unspecified atom stereocenters. The van der Waals surface area contributed by atoms with Crippen molar-refractivity contribution in [2.45, 2.75) is 0 Å². The van der Waals surface area contributed by atoms with Gasteiger partial charge in [0.25, 0.3) is 0 Å². The maximum atomic E-state index is 12.5. The molecule has 0 amide bonds. The van der Waals surface area contributed by atoms with Gasteiger partial charge in [0.15, 0.2) is 5.43 Å². The Bertz CT molecular complexity index is 1290. The Morgan fingerprint density at radius 2 is 1.53 bits per heavy atom. The van der Waals surface area contributed by atoms with Crippen molar-refractivity contribution in [3.63, 3.8) is 0 Å². The number of hydrogen-bond donors (Lipinski definition) is 2. The molecule has 30 heavy (non-hydrogen) atoms. The van der Waals surface area contributed by atoms with Crippen LogP contribution in [0.25, 0.3) is 22.3 Å². The maximum absolute atomic E-state index is 12.5. The summed E-state index contributed by atoms with van der Waals surface area (Å²) in [5.41, 5.74) is 13.2. The van der Waals surface area contributed by atoms with E-state index in [0.717, 1.165) is 0 Å². The number of anilines is 2. The van der Waals surface area contributed by atoms with Crippen LogP contribution in [-0.4, -0.2) is 13.1 Å². The van der Waals surface area contributed by atoms with Crippen LogP contribution in [0.15, 0.2) is 75.9 Å². The molecule has 0 radical (unpaired) electrons. The summed E-state index contributed by atoms with van der Waals surface area (Å²) in [6, 6.07) is 17.6. The van der Waals surface area contributed by atoms with E-state index in [-0.39, 0.29) is 16.7 Å². The van der Waals surface area contributed by atoms with Crippen LogP contribution in [0.3, 0.4) is 0 Å². The molecule has 0 spiro atoms. The third kappa shape index (κ3) is 3.81. The average molecular weight is 402 g/mol. The molecular formula is C23H18N2O5. The van der Waals surface area contributed by atoms with Crippen molar-refractivity contribution >= 4 is 28.3 Å². The normalized spacial score (nSPS) is 10.7. The van der Waals surface area contributed by atoms with Crippen molar-refractivity contribution in [1.82, 2.24) is 0 Å². The van der Waals surface area contributed by atoms with Crippen LogP contribution in [0.2, 0.25) is 0 Å². The highest BCUT2D eigenvalue weighted by Crippen LogP contribution is 2.27. The van der Waals surface area contributed by atoms with E-state index in [1.165, 1.54) is 30.3 Å². The molecule has 0 aliphatic rings. The van der Waals surface area contributed by atoms with Crippen molar-refractivity contribution in [3.05, 3.63) is 82.5 Å². The van der Waals surface area contributed by atoms with E-state index in [2.05, 4.69) is 0 Å². The number of nitrogen functional groups attached to an aromatic ring is 2. The molecule has 7 heteroatoms. The molecule has 0 bridgehead atoms. The van der Waals surface area contributed by atoms with Crippen molar-refractivity contribution in [2.24, 2.45) is 0 Å². The lowest BCUT2D eigenvalue weighted by Crippen LogP contribution is -2.10. The van der Waals surface area contributed by atoms with Gasteiger partial charge in [-0.2, -0.15) is 0 Å². The van der Waals surface area contributed by atoms with Crippen molar-refractivity contribution < 1.29 is 18.7 Å². The molecule has 1 heterocycles. The summed E-state index contributed by atoms with van der Waals surface area (Å²) in [6.45, 7) is 0. The lowest BCUT2D eigenvalue weighted by atomic mass is 10.1. The van der Waals surface area contributed by atoms with Crippen LogP contribution in [-0.2, 0) is 0 Å². The molecule has 1 aromatic heterocycles. The fraction of sp³-hybridized carbons (Fsp3) is 0.0435. The minimum Gasteiger partial charge on any atom is -0.497 e. The highest BCUT2D eigenvalue weighted by molar-refractivity contribution is 5.93. The molecule has 150 valence electrons. The van der Waals surface area contributed by atoms with Gasteiger partial charge in [-0.3, -0.25) is 4.79 Å². The zero-order valence-corrected chi connectivity index (χ0v) is 16.0. The third-order valence-electron chi connectivity index (χ3n) is 4.50. The number of methoxy groups -OCH3 is 1. The van der Waals surface area contributed by atoms with Crippen LogP contribution in [0.5, 0.6) is 11.5 Å². The predicted molar refractivity (Wildman–Crippen MR) is 115 cm³/mol. The fourth-order valence-electron chi connectivity index (χ4n) is 3.06. The topological polar surface area (TPSA) is 118 Å². The number of ether oxygens (including phenoxy) is 2. The van der Waals surface area contributed by atoms with E-state index in [1.807, 2.05) is 0 Å². The Morgan fingerprint density at radius 1 is 0.867 bits per heavy atom. The molecule has 0 saturated carbocycles. The first-order valence-corrected chi connectivity index (χ1v) is 9.03. The van der Waals surface area contributed by atoms with Gasteiger partial charge in [0.2, 0.25) is 0 Å². The molecule has 0 saturated heterocycles. The van der Waals surface area contributed by atoms with Crippen molar-refractivity contribution in [1.29, 1.82) is 0 Å². The second-order valence-corrected chi connectivity index (χ2v) is 6.64. The molecule has 4 N–H and O–H groups in total. The van der Waals surface area contributed by atoms with Crippen LogP contribution >= 0.6 is 0 Å². The number of carbonyl (C=O) groups excluding carboxylic acids is 1. The molecule has 0 fully saturated rings. The van der Waals surface area contributed by atoms with Gasteiger partial charge in [-0.1, -0.05) is 0 Å². The summed E-state index contributed by atoms with van der Waals surface area (Å²) in [5.74, 6) is 0.686. The fourth-order valence-corrected chi connectivity index (χ4v) is 3.06. The van der Waals surface area contributed by atoms with Gasteiger partial charge < -0.3 is 25.4 Å². The second kappa shape index (κ2) is 7.63. The summed E-state index contributed by atoms with van der Waals surface area (Å²) < 4.78 is 16.4. The highest BCUT2D eigenvalue weighted by Gasteiger charge is 2.13. The minimum atomic E-state index is -0.623. The van der Waals surface area contributed by atoms with E-state index in [4.69, 9.17) is 25.4 Å². The largest absolute Gasteiger partial charge is 0.497 e. The molecule has 4 rings (SSSR count). The number of esters is 1. The molecular weight excluding hydrogens is 384 g/mol. The molecule has 0 aliphatic heterocycles. The van der Waals surface area contributed by atoms with Gasteiger partial charge in [0, 0.05) is 29.1 Å². The number of nitrogens with two attached hydrogens (primary N) is 2. The zero-order valence-electron chi connectivity index (χ0n) is 16.0. The number of fused-ring (bicyclic) bond motifs is 1. The standard InChI is InChI=1S/C23H18N2O5/c1-28-17-4-2-13(3-5-17)21-12-20(26)19-7-6-18(11-22(19)30-21)29-23(27)14-8-15(24)10-16(25)9-14/h2-12H,24-25H2,1H3. The maximum Gasteiger partial charge on any atom is 0.343 e. The smallest absolute Gasteiger partial charge is 0.343 e. The zero-order chi connectivity index (χ0) is 21.3. The highest BCUT2D eigenvalue weighted by atomic mass is 16.5. The molecule has 3 aromatic carbocycles. The van der Waals surface area contributed by atoms with Crippen LogP contribution in [0, 0.1) is 0 Å². The van der Waals surface area contributed by atoms with E-state index in [1.54, 1.807) is 43.5 Å². The average Bonchev–Trinajstić information content (AvgIpc) is 2.73. The van der Waals surface area contributed by atoms with Gasteiger partial charge in [-0.25, -0.2) is 4.79 Å². The Morgan fingerprint density at radius 3 is 2.20 bits per heavy atom. The molecule has 0 aliphatic carbocycles. The Hall–Kier alpha value is -4.26. The monoisotopic (exact) mass is 402 g/mol. The molecule has 0 atom stereocenters. The van der Waals surface area contributed by atoms with Crippen LogP contribution in [0.1, 0.15) is 10.4 Å². The number of benzene rings is 3. The van der Waals surface area contributed by atoms with Gasteiger partial charge in [0.05, 0.1) is 18.1 Å². The second-order valence-electron chi connectivity index (χ2n) is 6.64. The lowest BCUT2D eigenvalue weighted by molar-refractivity contribution is 0.0735. The Labute approximate surface area is 171 Å². The number of carbonyl (C=O) groups is 1. The summed E-state index contributed by atoms with van der Waals surface area (Å²) >= 11 is 0. The summed E-state index contributed by atoms with van der Waals surface area (Å²) in [6.07, 6.45) is 0. The van der Waals surface area contributed by atoms with Gasteiger partial charge >= 0.3 is 5.97 Å². The first-order valence-electron chi connectivity index (χ1n) is 9.03. The number of rotatable bonds is 4. The predicted octanol–water partition coefficient (Wildman–Crippen LogP) is 3.85. The lowest BCUT2D eigenvalue weighted by Gasteiger charge is -2.08. The third-order valence-corrected chi connectivity index (χ3v) is 4.50. The molecule has 4 aromatic rings.